The Balaban J connectivity index is 1.49. The van der Waals surface area contributed by atoms with Crippen molar-refractivity contribution in [1.82, 2.24) is 15.1 Å². The van der Waals surface area contributed by atoms with Crippen molar-refractivity contribution in [3.05, 3.63) is 35.1 Å². The van der Waals surface area contributed by atoms with Gasteiger partial charge < -0.3 is 9.84 Å². The van der Waals surface area contributed by atoms with Crippen LogP contribution < -0.4 is 5.32 Å². The lowest BCUT2D eigenvalue weighted by molar-refractivity contribution is 0.392. The molecule has 20 heavy (non-hydrogen) atoms. The molecule has 1 aliphatic carbocycles. The predicted molar refractivity (Wildman–Crippen MR) is 76.8 cm³/mol. The van der Waals surface area contributed by atoms with Gasteiger partial charge in [0.05, 0.1) is 5.69 Å². The summed E-state index contributed by atoms with van der Waals surface area (Å²) in [6, 6.07) is 1.93. The van der Waals surface area contributed by atoms with Crippen LogP contribution in [-0.4, -0.2) is 21.7 Å². The predicted octanol–water partition coefficient (Wildman–Crippen LogP) is 3.00. The third-order valence-electron chi connectivity index (χ3n) is 3.71. The highest BCUT2D eigenvalue weighted by atomic mass is 16.5. The Labute approximate surface area is 118 Å². The molecule has 0 atom stereocenters. The van der Waals surface area contributed by atoms with Crippen molar-refractivity contribution in [2.45, 2.75) is 45.4 Å². The third kappa shape index (κ3) is 2.98. The minimum Gasteiger partial charge on any atom is -0.370 e. The van der Waals surface area contributed by atoms with Gasteiger partial charge in [-0.1, -0.05) is 5.16 Å². The third-order valence-corrected chi connectivity index (χ3v) is 3.71. The lowest BCUT2D eigenvalue weighted by Gasteiger charge is -2.06. The van der Waals surface area contributed by atoms with Crippen LogP contribution in [0.5, 0.6) is 0 Å². The van der Waals surface area contributed by atoms with Crippen LogP contribution in [0.15, 0.2) is 16.8 Å². The molecule has 0 bridgehead atoms. The Morgan fingerprint density at radius 2 is 2.20 bits per heavy atom. The molecule has 1 aliphatic rings. The topological polar surface area (TPSA) is 63.8 Å². The zero-order chi connectivity index (χ0) is 13.9. The van der Waals surface area contributed by atoms with Crippen molar-refractivity contribution in [2.75, 3.05) is 11.9 Å². The zero-order valence-corrected chi connectivity index (χ0v) is 12.0. The Morgan fingerprint density at radius 1 is 1.35 bits per heavy atom. The lowest BCUT2D eigenvalue weighted by atomic mass is 10.1. The van der Waals surface area contributed by atoms with Crippen LogP contribution >= 0.6 is 0 Å². The van der Waals surface area contributed by atoms with Gasteiger partial charge in [-0.25, -0.2) is 9.97 Å². The second kappa shape index (κ2) is 5.61. The Hall–Kier alpha value is -1.91. The van der Waals surface area contributed by atoms with Gasteiger partial charge in [-0.05, 0) is 45.6 Å². The Bertz CT molecular complexity index is 570. The first kappa shape index (κ1) is 13.1. The molecule has 0 aromatic carbocycles. The molecule has 5 nitrogen and oxygen atoms in total. The minimum atomic E-state index is 0.596. The van der Waals surface area contributed by atoms with Crippen molar-refractivity contribution in [2.24, 2.45) is 0 Å². The number of hydrogen-bond acceptors (Lipinski definition) is 5. The highest BCUT2D eigenvalue weighted by molar-refractivity contribution is 5.33. The maximum atomic E-state index is 5.17. The van der Waals surface area contributed by atoms with E-state index in [0.717, 1.165) is 42.5 Å². The van der Waals surface area contributed by atoms with Gasteiger partial charge in [0.2, 0.25) is 0 Å². The van der Waals surface area contributed by atoms with Gasteiger partial charge >= 0.3 is 0 Å². The van der Waals surface area contributed by atoms with Gasteiger partial charge in [0.15, 0.2) is 0 Å². The van der Waals surface area contributed by atoms with E-state index in [-0.39, 0.29) is 0 Å². The van der Waals surface area contributed by atoms with Gasteiger partial charge in [-0.15, -0.1) is 0 Å². The molecule has 1 N–H and O–H groups in total. The molecular weight excluding hydrogens is 252 g/mol. The number of rotatable bonds is 6. The number of aryl methyl sites for hydroxylation is 2. The van der Waals surface area contributed by atoms with E-state index in [0.29, 0.717) is 5.92 Å². The molecule has 2 heterocycles. The summed E-state index contributed by atoms with van der Waals surface area (Å²) in [5, 5.41) is 7.34. The highest BCUT2D eigenvalue weighted by Crippen LogP contribution is 2.37. The SMILES string of the molecule is Cc1noc(C)c1CCCNc1ccnc(C2CC2)n1. The monoisotopic (exact) mass is 272 g/mol. The Kier molecular flexibility index (Phi) is 3.67. The van der Waals surface area contributed by atoms with Gasteiger partial charge in [0, 0.05) is 24.2 Å². The summed E-state index contributed by atoms with van der Waals surface area (Å²) < 4.78 is 5.17. The quantitative estimate of drug-likeness (QED) is 0.819. The van der Waals surface area contributed by atoms with E-state index in [4.69, 9.17) is 4.52 Å². The van der Waals surface area contributed by atoms with E-state index in [1.165, 1.54) is 18.4 Å². The number of nitrogens with zero attached hydrogens (tertiary/aromatic N) is 3. The summed E-state index contributed by atoms with van der Waals surface area (Å²) in [5.74, 6) is 3.45. The minimum absolute atomic E-state index is 0.596. The number of nitrogens with one attached hydrogen (secondary N) is 1. The van der Waals surface area contributed by atoms with Crippen molar-refractivity contribution < 1.29 is 4.52 Å². The number of aromatic nitrogens is 3. The first-order chi connectivity index (χ1) is 9.74. The van der Waals surface area contributed by atoms with E-state index in [1.54, 1.807) is 0 Å². The average Bonchev–Trinajstić information content (AvgIpc) is 3.25. The molecule has 0 amide bonds. The van der Waals surface area contributed by atoms with Crippen molar-refractivity contribution >= 4 is 5.82 Å². The van der Waals surface area contributed by atoms with E-state index in [1.807, 2.05) is 26.1 Å². The highest BCUT2D eigenvalue weighted by Gasteiger charge is 2.26. The van der Waals surface area contributed by atoms with E-state index >= 15 is 0 Å². The number of anilines is 1. The lowest BCUT2D eigenvalue weighted by Crippen LogP contribution is -2.06. The van der Waals surface area contributed by atoms with Crippen LogP contribution in [0.4, 0.5) is 5.82 Å². The van der Waals surface area contributed by atoms with Crippen LogP contribution in [0.3, 0.4) is 0 Å². The van der Waals surface area contributed by atoms with Crippen LogP contribution in [0.2, 0.25) is 0 Å². The van der Waals surface area contributed by atoms with E-state index < -0.39 is 0 Å². The second-order valence-corrected chi connectivity index (χ2v) is 5.41. The molecule has 0 spiro atoms. The van der Waals surface area contributed by atoms with E-state index in [9.17, 15) is 0 Å². The van der Waals surface area contributed by atoms with Crippen LogP contribution in [0.25, 0.3) is 0 Å². The molecule has 0 aliphatic heterocycles. The van der Waals surface area contributed by atoms with Crippen LogP contribution in [-0.2, 0) is 6.42 Å². The Morgan fingerprint density at radius 3 is 2.90 bits per heavy atom. The molecule has 3 rings (SSSR count). The van der Waals surface area contributed by atoms with E-state index in [2.05, 4.69) is 20.4 Å². The summed E-state index contributed by atoms with van der Waals surface area (Å²) in [5.41, 5.74) is 2.23. The van der Waals surface area contributed by atoms with Crippen molar-refractivity contribution in [3.8, 4) is 0 Å². The van der Waals surface area contributed by atoms with Gasteiger partial charge in [-0.2, -0.15) is 0 Å². The first-order valence-electron chi connectivity index (χ1n) is 7.22. The van der Waals surface area contributed by atoms with Crippen molar-refractivity contribution in [1.29, 1.82) is 0 Å². The molecule has 2 aromatic rings. The molecule has 0 radical (unpaired) electrons. The molecule has 5 heteroatoms. The van der Waals surface area contributed by atoms with Gasteiger partial charge in [-0.3, -0.25) is 0 Å². The largest absolute Gasteiger partial charge is 0.370 e. The van der Waals surface area contributed by atoms with Gasteiger partial charge in [0.25, 0.3) is 0 Å². The molecule has 1 saturated carbocycles. The first-order valence-corrected chi connectivity index (χ1v) is 7.22. The molecule has 1 fully saturated rings. The molecule has 2 aromatic heterocycles. The fourth-order valence-electron chi connectivity index (χ4n) is 2.35. The molecule has 0 saturated heterocycles. The van der Waals surface area contributed by atoms with Gasteiger partial charge in [0.1, 0.15) is 17.4 Å². The smallest absolute Gasteiger partial charge is 0.137 e. The molecule has 106 valence electrons. The summed E-state index contributed by atoms with van der Waals surface area (Å²) in [7, 11) is 0. The zero-order valence-electron chi connectivity index (χ0n) is 12.0. The molecular formula is C15H20N4O. The molecule has 0 unspecified atom stereocenters. The maximum absolute atomic E-state index is 5.17. The summed E-state index contributed by atoms with van der Waals surface area (Å²) in [6.45, 7) is 4.85. The fourth-order valence-corrected chi connectivity index (χ4v) is 2.35. The number of hydrogen-bond donors (Lipinski definition) is 1. The maximum Gasteiger partial charge on any atom is 0.137 e. The fraction of sp³-hybridized carbons (Fsp3) is 0.533. The summed E-state index contributed by atoms with van der Waals surface area (Å²) in [4.78, 5) is 8.87. The average molecular weight is 272 g/mol. The summed E-state index contributed by atoms with van der Waals surface area (Å²) in [6.07, 6.45) is 6.32. The van der Waals surface area contributed by atoms with Crippen LogP contribution in [0.1, 0.15) is 48.0 Å². The normalized spacial score (nSPS) is 14.5. The van der Waals surface area contributed by atoms with Crippen LogP contribution in [0, 0.1) is 13.8 Å². The second-order valence-electron chi connectivity index (χ2n) is 5.41. The summed E-state index contributed by atoms with van der Waals surface area (Å²) >= 11 is 0. The van der Waals surface area contributed by atoms with Crippen molar-refractivity contribution in [3.63, 3.8) is 0 Å². The standard InChI is InChI=1S/C15H20N4O/c1-10-13(11(2)20-19-10)4-3-8-16-14-7-9-17-15(18-14)12-5-6-12/h7,9,12H,3-6,8H2,1-2H3,(H,16,17,18).